The smallest absolute Gasteiger partial charge is 0.162 e. The van der Waals surface area contributed by atoms with E-state index in [0.717, 1.165) is 45.3 Å². The fraction of sp³-hybridized carbons (Fsp3) is 0.261. The van der Waals surface area contributed by atoms with Crippen LogP contribution in [0.15, 0.2) is 60.6 Å². The summed E-state index contributed by atoms with van der Waals surface area (Å²) in [6.45, 7) is 4.36. The van der Waals surface area contributed by atoms with Crippen LogP contribution in [0.2, 0.25) is 0 Å². The number of hydrogen-bond donors (Lipinski definition) is 1. The van der Waals surface area contributed by atoms with Crippen molar-refractivity contribution in [2.45, 2.75) is 32.7 Å². The molecule has 0 saturated carbocycles. The lowest BCUT2D eigenvalue weighted by atomic mass is 9.68. The van der Waals surface area contributed by atoms with E-state index in [0.29, 0.717) is 6.42 Å². The predicted octanol–water partition coefficient (Wildman–Crippen LogP) is 4.94. The maximum absolute atomic E-state index is 13.2. The number of allylic oxidation sites excluding steroid dienone is 1. The Morgan fingerprint density at radius 1 is 1.07 bits per heavy atom. The first-order valence-corrected chi connectivity index (χ1v) is 9.34. The number of nitrogens with zero attached hydrogens (tertiary/aromatic N) is 2. The Labute approximate surface area is 158 Å². The maximum Gasteiger partial charge on any atom is 0.162 e. The molecule has 134 valence electrons. The van der Waals surface area contributed by atoms with E-state index in [1.807, 2.05) is 36.7 Å². The molecule has 3 heterocycles. The van der Waals surface area contributed by atoms with Crippen LogP contribution < -0.4 is 5.32 Å². The van der Waals surface area contributed by atoms with E-state index in [2.05, 4.69) is 41.3 Å². The average Bonchev–Trinajstić information content (AvgIpc) is 2.66. The molecular weight excluding hydrogens is 334 g/mol. The van der Waals surface area contributed by atoms with Gasteiger partial charge in [-0.1, -0.05) is 26.0 Å². The molecule has 5 rings (SSSR count). The number of Topliss-reactive ketones (excluding diaryl/α,β-unsaturated/α-hetero) is 1. The van der Waals surface area contributed by atoms with Crippen LogP contribution in [0, 0.1) is 5.41 Å². The standard InChI is InChI=1S/C23H21N3O/c1-23(2)11-16-20-15-6-4-10-25-17(15)7-8-18(20)26-22(21(16)19(27)12-23)14-5-3-9-24-13-14/h3-10,13,22,26H,11-12H2,1-2H3/t22-/m0/s1. The van der Waals surface area contributed by atoms with Crippen molar-refractivity contribution in [1.82, 2.24) is 9.97 Å². The Morgan fingerprint density at radius 3 is 2.74 bits per heavy atom. The summed E-state index contributed by atoms with van der Waals surface area (Å²) in [5, 5.41) is 4.72. The number of pyridine rings is 2. The molecular formula is C23H21N3O. The van der Waals surface area contributed by atoms with Gasteiger partial charge in [0.05, 0.1) is 11.6 Å². The summed E-state index contributed by atoms with van der Waals surface area (Å²) in [7, 11) is 0. The van der Waals surface area contributed by atoms with Crippen molar-refractivity contribution >= 4 is 27.9 Å². The lowest BCUT2D eigenvalue weighted by Crippen LogP contribution is -2.33. The van der Waals surface area contributed by atoms with E-state index in [9.17, 15) is 4.79 Å². The summed E-state index contributed by atoms with van der Waals surface area (Å²) in [6, 6.07) is 12.0. The van der Waals surface area contributed by atoms with Crippen LogP contribution in [-0.4, -0.2) is 15.8 Å². The van der Waals surface area contributed by atoms with Crippen LogP contribution in [0.1, 0.15) is 43.9 Å². The zero-order chi connectivity index (χ0) is 18.6. The molecule has 1 atom stereocenters. The lowest BCUT2D eigenvalue weighted by Gasteiger charge is -2.40. The van der Waals surface area contributed by atoms with E-state index in [-0.39, 0.29) is 17.2 Å². The zero-order valence-electron chi connectivity index (χ0n) is 15.5. The maximum atomic E-state index is 13.2. The molecule has 2 aliphatic rings. The van der Waals surface area contributed by atoms with Gasteiger partial charge in [-0.25, -0.2) is 0 Å². The molecule has 0 unspecified atom stereocenters. The first-order chi connectivity index (χ1) is 13.0. The van der Waals surface area contributed by atoms with Crippen LogP contribution >= 0.6 is 0 Å². The molecule has 0 fully saturated rings. The highest BCUT2D eigenvalue weighted by Crippen LogP contribution is 2.51. The Bertz CT molecular complexity index is 1100. The molecule has 0 saturated heterocycles. The average molecular weight is 355 g/mol. The third-order valence-corrected chi connectivity index (χ3v) is 5.61. The summed E-state index contributed by atoms with van der Waals surface area (Å²) in [6.07, 6.45) is 6.88. The topological polar surface area (TPSA) is 54.9 Å². The summed E-state index contributed by atoms with van der Waals surface area (Å²) in [5.41, 5.74) is 6.19. The van der Waals surface area contributed by atoms with Gasteiger partial charge in [-0.2, -0.15) is 0 Å². The Balaban J connectivity index is 1.82. The number of aromatic nitrogens is 2. The minimum Gasteiger partial charge on any atom is -0.373 e. The summed E-state index contributed by atoms with van der Waals surface area (Å²) >= 11 is 0. The van der Waals surface area contributed by atoms with Gasteiger partial charge in [0.15, 0.2) is 5.78 Å². The Kier molecular flexibility index (Phi) is 3.44. The highest BCUT2D eigenvalue weighted by atomic mass is 16.1. The van der Waals surface area contributed by atoms with E-state index in [1.165, 1.54) is 0 Å². The molecule has 1 N–H and O–H groups in total. The quantitative estimate of drug-likeness (QED) is 0.672. The van der Waals surface area contributed by atoms with Crippen molar-refractivity contribution < 1.29 is 4.79 Å². The van der Waals surface area contributed by atoms with Crippen LogP contribution in [0.5, 0.6) is 0 Å². The van der Waals surface area contributed by atoms with Gasteiger partial charge in [0.25, 0.3) is 0 Å². The first-order valence-electron chi connectivity index (χ1n) is 9.34. The van der Waals surface area contributed by atoms with E-state index < -0.39 is 0 Å². The number of fused-ring (bicyclic) bond motifs is 4. The fourth-order valence-electron chi connectivity index (χ4n) is 4.51. The molecule has 4 nitrogen and oxygen atoms in total. The van der Waals surface area contributed by atoms with Crippen molar-refractivity contribution in [3.63, 3.8) is 0 Å². The van der Waals surface area contributed by atoms with Crippen molar-refractivity contribution in [2.24, 2.45) is 5.41 Å². The van der Waals surface area contributed by atoms with E-state index >= 15 is 0 Å². The number of rotatable bonds is 1. The Hall–Kier alpha value is -3.01. The zero-order valence-corrected chi connectivity index (χ0v) is 15.5. The number of nitrogens with one attached hydrogen (secondary N) is 1. The number of hydrogen-bond acceptors (Lipinski definition) is 4. The van der Waals surface area contributed by atoms with Gasteiger partial charge in [-0.3, -0.25) is 14.8 Å². The minimum atomic E-state index is -0.154. The number of ketones is 1. The molecule has 0 bridgehead atoms. The second-order valence-corrected chi connectivity index (χ2v) is 8.26. The van der Waals surface area contributed by atoms with Gasteiger partial charge in [-0.05, 0) is 47.2 Å². The van der Waals surface area contributed by atoms with E-state index in [4.69, 9.17) is 0 Å². The highest BCUT2D eigenvalue weighted by Gasteiger charge is 2.40. The van der Waals surface area contributed by atoms with Gasteiger partial charge in [-0.15, -0.1) is 0 Å². The molecule has 0 amide bonds. The largest absolute Gasteiger partial charge is 0.373 e. The SMILES string of the molecule is CC1(C)CC(=O)C2=C(C1)c1c(ccc3ncccc13)N[C@H]2c1cccnc1. The molecule has 27 heavy (non-hydrogen) atoms. The molecule has 1 aromatic carbocycles. The molecule has 1 aliphatic heterocycles. The van der Waals surface area contributed by atoms with Gasteiger partial charge >= 0.3 is 0 Å². The molecule has 2 aromatic heterocycles. The lowest BCUT2D eigenvalue weighted by molar-refractivity contribution is -0.118. The van der Waals surface area contributed by atoms with Crippen LogP contribution in [0.3, 0.4) is 0 Å². The molecule has 3 aromatic rings. The molecule has 4 heteroatoms. The van der Waals surface area contributed by atoms with Crippen LogP contribution in [0.4, 0.5) is 5.69 Å². The third-order valence-electron chi connectivity index (χ3n) is 5.61. The minimum absolute atomic E-state index is 0.0472. The van der Waals surface area contributed by atoms with Crippen LogP contribution in [0.25, 0.3) is 16.5 Å². The van der Waals surface area contributed by atoms with Crippen molar-refractivity contribution in [1.29, 1.82) is 0 Å². The summed E-state index contributed by atoms with van der Waals surface area (Å²) in [5.74, 6) is 0.231. The molecule has 1 aliphatic carbocycles. The normalized spacial score (nSPS) is 20.8. The second-order valence-electron chi connectivity index (χ2n) is 8.26. The third kappa shape index (κ3) is 2.55. The predicted molar refractivity (Wildman–Crippen MR) is 107 cm³/mol. The second kappa shape index (κ2) is 5.74. The number of carbonyl (C=O) groups excluding carboxylic acids is 1. The summed E-state index contributed by atoms with van der Waals surface area (Å²) < 4.78 is 0. The van der Waals surface area contributed by atoms with Crippen molar-refractivity contribution in [3.05, 3.63) is 71.7 Å². The van der Waals surface area contributed by atoms with Crippen LogP contribution in [-0.2, 0) is 4.79 Å². The van der Waals surface area contributed by atoms with Crippen molar-refractivity contribution in [3.8, 4) is 0 Å². The molecule has 0 spiro atoms. The number of benzene rings is 1. The van der Waals surface area contributed by atoms with Crippen molar-refractivity contribution in [2.75, 3.05) is 5.32 Å². The van der Waals surface area contributed by atoms with Gasteiger partial charge in [0.2, 0.25) is 0 Å². The van der Waals surface area contributed by atoms with Gasteiger partial charge in [0, 0.05) is 47.2 Å². The summed E-state index contributed by atoms with van der Waals surface area (Å²) in [4.78, 5) is 22.0. The molecule has 0 radical (unpaired) electrons. The van der Waals surface area contributed by atoms with Gasteiger partial charge in [0.1, 0.15) is 0 Å². The highest BCUT2D eigenvalue weighted by molar-refractivity contribution is 6.12. The monoisotopic (exact) mass is 355 g/mol. The van der Waals surface area contributed by atoms with E-state index in [1.54, 1.807) is 6.20 Å². The Morgan fingerprint density at radius 2 is 1.93 bits per heavy atom. The fourth-order valence-corrected chi connectivity index (χ4v) is 4.51. The van der Waals surface area contributed by atoms with Gasteiger partial charge < -0.3 is 5.32 Å². The number of carbonyl (C=O) groups is 1. The first kappa shape index (κ1) is 16.2. The number of anilines is 1.